The minimum Gasteiger partial charge on any atom is -0.495 e. The number of carbonyl (C=O) groups is 1. The van der Waals surface area contributed by atoms with Gasteiger partial charge in [-0.25, -0.2) is 15.0 Å². The molecule has 0 aliphatic carbocycles. The zero-order valence-electron chi connectivity index (χ0n) is 22.6. The van der Waals surface area contributed by atoms with Gasteiger partial charge in [0.25, 0.3) is 0 Å². The van der Waals surface area contributed by atoms with Crippen molar-refractivity contribution in [2.45, 2.75) is 6.10 Å². The van der Waals surface area contributed by atoms with Gasteiger partial charge in [-0.3, -0.25) is 4.79 Å². The number of amides is 1. The van der Waals surface area contributed by atoms with E-state index in [0.717, 1.165) is 0 Å². The highest BCUT2D eigenvalue weighted by molar-refractivity contribution is 6.41. The third-order valence-corrected chi connectivity index (χ3v) is 6.93. The maximum Gasteiger partial charge on any atom is 0.247 e. The molecule has 1 aliphatic heterocycles. The minimum atomic E-state index is -0.372. The molecule has 3 heterocycles. The quantitative estimate of drug-likeness (QED) is 0.168. The summed E-state index contributed by atoms with van der Waals surface area (Å²) < 4.78 is 21.8. The SMILES string of the molecule is C=CC(=O)Nc1cc(OC2COC2)ccc1Nc1cc(-c2cccnc2Nc2c(Cl)c(OC)cc(OC)c2Cl)ncn1. The molecule has 5 rings (SSSR count). The number of nitrogens with one attached hydrogen (secondary N) is 3. The van der Waals surface area contributed by atoms with Crippen LogP contribution < -0.4 is 30.2 Å². The highest BCUT2D eigenvalue weighted by atomic mass is 35.5. The minimum absolute atomic E-state index is 0.0266. The number of rotatable bonds is 11. The molecule has 1 amide bonds. The van der Waals surface area contributed by atoms with Crippen LogP contribution in [-0.2, 0) is 9.53 Å². The van der Waals surface area contributed by atoms with Crippen LogP contribution in [0.3, 0.4) is 0 Å². The van der Waals surface area contributed by atoms with E-state index in [9.17, 15) is 4.79 Å². The van der Waals surface area contributed by atoms with Crippen molar-refractivity contribution in [1.29, 1.82) is 0 Å². The molecule has 0 unspecified atom stereocenters. The number of halogens is 2. The van der Waals surface area contributed by atoms with Crippen LogP contribution >= 0.6 is 23.2 Å². The number of benzene rings is 2. The third-order valence-electron chi connectivity index (χ3n) is 6.18. The smallest absolute Gasteiger partial charge is 0.247 e. The summed E-state index contributed by atoms with van der Waals surface area (Å²) >= 11 is 13.2. The van der Waals surface area contributed by atoms with Gasteiger partial charge in [0.2, 0.25) is 5.91 Å². The summed E-state index contributed by atoms with van der Waals surface area (Å²) in [5.41, 5.74) is 2.62. The predicted molar refractivity (Wildman–Crippen MR) is 162 cm³/mol. The number of ether oxygens (including phenoxy) is 4. The van der Waals surface area contributed by atoms with Crippen molar-refractivity contribution in [3.8, 4) is 28.5 Å². The first-order chi connectivity index (χ1) is 20.4. The van der Waals surface area contributed by atoms with Gasteiger partial charge in [0.1, 0.15) is 51.4 Å². The monoisotopic (exact) mass is 608 g/mol. The van der Waals surface area contributed by atoms with E-state index in [1.54, 1.807) is 42.6 Å². The van der Waals surface area contributed by atoms with Crippen LogP contribution in [0, 0.1) is 0 Å². The van der Waals surface area contributed by atoms with Crippen molar-refractivity contribution in [1.82, 2.24) is 15.0 Å². The predicted octanol–water partition coefficient (Wildman–Crippen LogP) is 6.25. The molecule has 0 atom stereocenters. The van der Waals surface area contributed by atoms with Gasteiger partial charge in [0.05, 0.1) is 50.2 Å². The zero-order valence-corrected chi connectivity index (χ0v) is 24.1. The van der Waals surface area contributed by atoms with Gasteiger partial charge in [-0.1, -0.05) is 29.8 Å². The molecule has 1 fully saturated rings. The van der Waals surface area contributed by atoms with Crippen LogP contribution in [0.4, 0.5) is 28.7 Å². The molecule has 2 aromatic heterocycles. The fourth-order valence-corrected chi connectivity index (χ4v) is 4.60. The maximum absolute atomic E-state index is 12.2. The lowest BCUT2D eigenvalue weighted by molar-refractivity contribution is -0.111. The molecule has 11 nitrogen and oxygen atoms in total. The van der Waals surface area contributed by atoms with E-state index in [1.807, 2.05) is 6.07 Å². The van der Waals surface area contributed by atoms with Crippen LogP contribution in [0.15, 0.2) is 67.6 Å². The molecule has 0 radical (unpaired) electrons. The number of hydrogen-bond donors (Lipinski definition) is 3. The van der Waals surface area contributed by atoms with E-state index in [2.05, 4.69) is 37.5 Å². The number of hydrogen-bond acceptors (Lipinski definition) is 10. The number of nitrogens with zero attached hydrogens (tertiary/aromatic N) is 3. The van der Waals surface area contributed by atoms with Crippen molar-refractivity contribution in [3.63, 3.8) is 0 Å². The fraction of sp³-hybridized carbons (Fsp3) is 0.172. The Balaban J connectivity index is 1.45. The largest absolute Gasteiger partial charge is 0.495 e. The number of carbonyl (C=O) groups excluding carboxylic acids is 1. The van der Waals surface area contributed by atoms with Gasteiger partial charge in [0.15, 0.2) is 0 Å². The van der Waals surface area contributed by atoms with Gasteiger partial charge < -0.3 is 34.9 Å². The Hall–Kier alpha value is -4.58. The molecule has 1 saturated heterocycles. The molecule has 2 aromatic carbocycles. The molecule has 216 valence electrons. The van der Waals surface area contributed by atoms with Gasteiger partial charge >= 0.3 is 0 Å². The van der Waals surface area contributed by atoms with Gasteiger partial charge in [0, 0.05) is 30.0 Å². The average molecular weight is 609 g/mol. The first-order valence-electron chi connectivity index (χ1n) is 12.6. The number of anilines is 5. The number of methoxy groups -OCH3 is 2. The second kappa shape index (κ2) is 12.9. The standard InChI is InChI=1S/C29H26Cl2N6O5/c1-4-25(38)36-21-10-16(42-17-13-41-14-17)7-8-19(21)35-24-11-20(33-15-34-24)18-6-5-9-32-29(18)37-28-26(30)22(39-2)12-23(40-3)27(28)31/h4-12,15,17H,1,13-14H2,2-3H3,(H,32,37)(H,36,38)(H,33,34,35). The molecule has 0 spiro atoms. The van der Waals surface area contributed by atoms with E-state index in [-0.39, 0.29) is 22.1 Å². The second-order valence-corrected chi connectivity index (χ2v) is 9.66. The van der Waals surface area contributed by atoms with Crippen molar-refractivity contribution < 1.29 is 23.7 Å². The number of pyridine rings is 1. The lowest BCUT2D eigenvalue weighted by atomic mass is 10.1. The summed E-state index contributed by atoms with van der Waals surface area (Å²) in [6, 6.07) is 12.3. The summed E-state index contributed by atoms with van der Waals surface area (Å²) in [5.74, 6) is 1.87. The Morgan fingerprint density at radius 2 is 1.76 bits per heavy atom. The summed E-state index contributed by atoms with van der Waals surface area (Å²) in [5, 5.41) is 9.76. The molecular weight excluding hydrogens is 583 g/mol. The third kappa shape index (κ3) is 6.33. The van der Waals surface area contributed by atoms with Crippen LogP contribution in [0.1, 0.15) is 0 Å². The van der Waals surface area contributed by atoms with E-state index in [0.29, 0.717) is 70.4 Å². The highest BCUT2D eigenvalue weighted by Crippen LogP contribution is 2.46. The summed E-state index contributed by atoms with van der Waals surface area (Å²) in [4.78, 5) is 25.5. The normalized spacial score (nSPS) is 12.6. The molecule has 3 N–H and O–H groups in total. The van der Waals surface area contributed by atoms with Crippen molar-refractivity contribution in [2.75, 3.05) is 43.4 Å². The average Bonchev–Trinajstić information content (AvgIpc) is 2.98. The summed E-state index contributed by atoms with van der Waals surface area (Å²) in [7, 11) is 3.00. The Kier molecular flexibility index (Phi) is 8.91. The van der Waals surface area contributed by atoms with Crippen molar-refractivity contribution >= 4 is 57.8 Å². The van der Waals surface area contributed by atoms with Crippen LogP contribution in [0.25, 0.3) is 11.3 Å². The van der Waals surface area contributed by atoms with Crippen LogP contribution in [0.2, 0.25) is 10.0 Å². The Bertz CT molecular complexity index is 1600. The zero-order chi connectivity index (χ0) is 29.6. The van der Waals surface area contributed by atoms with Crippen molar-refractivity contribution in [2.24, 2.45) is 0 Å². The fourth-order valence-electron chi connectivity index (χ4n) is 4.00. The Labute approximate surface area is 251 Å². The number of aromatic nitrogens is 3. The molecule has 0 saturated carbocycles. The first-order valence-corrected chi connectivity index (χ1v) is 13.4. The lowest BCUT2D eigenvalue weighted by Gasteiger charge is -2.27. The molecule has 42 heavy (non-hydrogen) atoms. The first kappa shape index (κ1) is 28.9. The van der Waals surface area contributed by atoms with E-state index >= 15 is 0 Å². The van der Waals surface area contributed by atoms with E-state index in [1.165, 1.54) is 26.6 Å². The Morgan fingerprint density at radius 1 is 1.00 bits per heavy atom. The highest BCUT2D eigenvalue weighted by Gasteiger charge is 2.22. The van der Waals surface area contributed by atoms with Gasteiger partial charge in [-0.15, -0.1) is 0 Å². The topological polar surface area (TPSA) is 129 Å². The van der Waals surface area contributed by atoms with Gasteiger partial charge in [-0.05, 0) is 30.3 Å². The molecule has 0 bridgehead atoms. The summed E-state index contributed by atoms with van der Waals surface area (Å²) in [6.45, 7) is 4.58. The molecule has 1 aliphatic rings. The van der Waals surface area contributed by atoms with Crippen LogP contribution in [0.5, 0.6) is 17.2 Å². The van der Waals surface area contributed by atoms with E-state index in [4.69, 9.17) is 42.1 Å². The molecule has 13 heteroatoms. The Morgan fingerprint density at radius 3 is 2.43 bits per heavy atom. The molecular formula is C29H26Cl2N6O5. The van der Waals surface area contributed by atoms with Crippen molar-refractivity contribution in [3.05, 3.63) is 77.7 Å². The lowest BCUT2D eigenvalue weighted by Crippen LogP contribution is -2.38. The van der Waals surface area contributed by atoms with E-state index < -0.39 is 0 Å². The second-order valence-electron chi connectivity index (χ2n) is 8.90. The van der Waals surface area contributed by atoms with Crippen LogP contribution in [-0.4, -0.2) is 54.4 Å². The molecule has 4 aromatic rings. The van der Waals surface area contributed by atoms with Gasteiger partial charge in [-0.2, -0.15) is 0 Å². The maximum atomic E-state index is 12.2. The summed E-state index contributed by atoms with van der Waals surface area (Å²) in [6.07, 6.45) is 4.20.